The highest BCUT2D eigenvalue weighted by atomic mass is 79.9. The largest absolute Gasteiger partial charge is 0.280 e. The van der Waals surface area contributed by atoms with Crippen LogP contribution in [0.1, 0.15) is 44.4 Å². The van der Waals surface area contributed by atoms with Crippen molar-refractivity contribution in [2.75, 3.05) is 0 Å². The predicted molar refractivity (Wildman–Crippen MR) is 96.8 cm³/mol. The molecule has 3 rings (SSSR count). The molecule has 3 nitrogen and oxygen atoms in total. The average Bonchev–Trinajstić information content (AvgIpc) is 3.29. The van der Waals surface area contributed by atoms with Crippen LogP contribution in [-0.4, -0.2) is 21.7 Å². The molecule has 1 fully saturated rings. The minimum Gasteiger partial charge on any atom is -0.280 e. The molecular weight excluding hydrogens is 385 g/mol. The third-order valence-electron chi connectivity index (χ3n) is 4.05. The quantitative estimate of drug-likeness (QED) is 0.491. The van der Waals surface area contributed by atoms with Gasteiger partial charge in [-0.15, -0.1) is 0 Å². The molecule has 0 spiro atoms. The van der Waals surface area contributed by atoms with Gasteiger partial charge in [0, 0.05) is 15.6 Å². The van der Waals surface area contributed by atoms with Gasteiger partial charge in [0.25, 0.3) is 0 Å². The molecule has 0 saturated heterocycles. The Kier molecular flexibility index (Phi) is 4.72. The van der Waals surface area contributed by atoms with Crippen LogP contribution < -0.4 is 0 Å². The fourth-order valence-electron chi connectivity index (χ4n) is 2.80. The Bertz CT molecular complexity index is 706. The predicted octanol–water partition coefficient (Wildman–Crippen LogP) is 5.57. The minimum atomic E-state index is 0.153. The molecule has 0 bridgehead atoms. The summed E-state index contributed by atoms with van der Waals surface area (Å²) in [4.78, 5) is 13.3. The molecule has 2 aliphatic rings. The Labute approximate surface area is 148 Å². The summed E-state index contributed by atoms with van der Waals surface area (Å²) >= 11 is 15.8. The highest BCUT2D eigenvalue weighted by Crippen LogP contribution is 2.40. The summed E-state index contributed by atoms with van der Waals surface area (Å²) in [6.07, 6.45) is 7.52. The van der Waals surface area contributed by atoms with Gasteiger partial charge in [-0.2, -0.15) is 0 Å². The van der Waals surface area contributed by atoms with Gasteiger partial charge in [0.15, 0.2) is 0 Å². The fourth-order valence-corrected chi connectivity index (χ4v) is 3.83. The van der Waals surface area contributed by atoms with Crippen molar-refractivity contribution in [2.45, 2.75) is 39.2 Å². The summed E-state index contributed by atoms with van der Waals surface area (Å²) in [6, 6.07) is 0.361. The zero-order valence-electron chi connectivity index (χ0n) is 12.4. The molecule has 116 valence electrons. The lowest BCUT2D eigenvalue weighted by atomic mass is 9.94. The highest BCUT2D eigenvalue weighted by molar-refractivity contribution is 9.12. The van der Waals surface area contributed by atoms with Gasteiger partial charge in [-0.3, -0.25) is 4.99 Å². The minimum absolute atomic E-state index is 0.153. The van der Waals surface area contributed by atoms with E-state index in [0.29, 0.717) is 17.1 Å². The van der Waals surface area contributed by atoms with E-state index in [1.165, 1.54) is 12.8 Å². The Morgan fingerprint density at radius 2 is 2.14 bits per heavy atom. The first-order valence-corrected chi connectivity index (χ1v) is 8.95. The van der Waals surface area contributed by atoms with Gasteiger partial charge in [0.1, 0.15) is 5.15 Å². The van der Waals surface area contributed by atoms with Crippen LogP contribution in [0, 0.1) is 5.92 Å². The van der Waals surface area contributed by atoms with E-state index in [-0.39, 0.29) is 5.28 Å². The van der Waals surface area contributed by atoms with Gasteiger partial charge in [-0.05, 0) is 65.7 Å². The summed E-state index contributed by atoms with van der Waals surface area (Å²) in [5, 5.41) is 0.520. The van der Waals surface area contributed by atoms with Crippen molar-refractivity contribution >= 4 is 56.5 Å². The number of allylic oxidation sites excluding steroid dienone is 3. The van der Waals surface area contributed by atoms with E-state index >= 15 is 0 Å². The Balaban J connectivity index is 2.12. The lowest BCUT2D eigenvalue weighted by molar-refractivity contribution is 0.581. The maximum atomic E-state index is 6.30. The van der Waals surface area contributed by atoms with Gasteiger partial charge in [0.05, 0.1) is 17.4 Å². The molecule has 1 aromatic rings. The highest BCUT2D eigenvalue weighted by Gasteiger charge is 2.32. The first kappa shape index (κ1) is 16.2. The number of aromatic nitrogens is 2. The van der Waals surface area contributed by atoms with Crippen LogP contribution in [0.2, 0.25) is 10.4 Å². The van der Waals surface area contributed by atoms with E-state index in [2.05, 4.69) is 32.8 Å². The lowest BCUT2D eigenvalue weighted by Crippen LogP contribution is -2.16. The first-order valence-electron chi connectivity index (χ1n) is 7.40. The number of halogens is 3. The van der Waals surface area contributed by atoms with Gasteiger partial charge >= 0.3 is 0 Å². The van der Waals surface area contributed by atoms with Crippen molar-refractivity contribution in [3.63, 3.8) is 0 Å². The number of hydrogen-bond acceptors (Lipinski definition) is 3. The van der Waals surface area contributed by atoms with Crippen molar-refractivity contribution < 1.29 is 0 Å². The van der Waals surface area contributed by atoms with E-state index < -0.39 is 0 Å². The van der Waals surface area contributed by atoms with E-state index in [0.717, 1.165) is 33.4 Å². The molecule has 6 heteroatoms. The van der Waals surface area contributed by atoms with Crippen LogP contribution in [-0.2, 0) is 0 Å². The Hall–Kier alpha value is -0.710. The number of aliphatic imine (C=N–C) groups is 1. The van der Waals surface area contributed by atoms with Gasteiger partial charge in [-0.25, -0.2) is 9.97 Å². The molecule has 0 aromatic carbocycles. The molecule has 0 radical (unpaired) electrons. The SMILES string of the molecule is C/C=C1\C(=NC(CC)C2CC2)C(Br)=Cc2nc(Cl)nc(Cl)c21. The van der Waals surface area contributed by atoms with Crippen molar-refractivity contribution in [2.24, 2.45) is 10.9 Å². The van der Waals surface area contributed by atoms with Gasteiger partial charge < -0.3 is 0 Å². The molecule has 0 amide bonds. The third-order valence-corrected chi connectivity index (χ3v) is 5.09. The van der Waals surface area contributed by atoms with E-state index in [1.807, 2.05) is 19.1 Å². The second-order valence-corrected chi connectivity index (χ2v) is 7.08. The van der Waals surface area contributed by atoms with E-state index in [9.17, 15) is 0 Å². The fraction of sp³-hybridized carbons (Fsp3) is 0.438. The molecule has 1 saturated carbocycles. The standard InChI is InChI=1S/C16H16BrCl2N3/c1-3-9-13-12(21-16(19)22-15(13)18)7-10(17)14(9)20-11(4-2)8-5-6-8/h3,7-8,11H,4-6H2,1-2H3/b9-3-,20-14?. The van der Waals surface area contributed by atoms with E-state index in [1.54, 1.807) is 0 Å². The summed E-state index contributed by atoms with van der Waals surface area (Å²) in [5.74, 6) is 0.717. The number of nitrogens with zero attached hydrogens (tertiary/aromatic N) is 3. The number of hydrogen-bond donors (Lipinski definition) is 0. The summed E-state index contributed by atoms with van der Waals surface area (Å²) in [7, 11) is 0. The van der Waals surface area contributed by atoms with Crippen LogP contribution in [0.3, 0.4) is 0 Å². The van der Waals surface area contributed by atoms with E-state index in [4.69, 9.17) is 28.2 Å². The molecule has 1 aromatic heterocycles. The maximum absolute atomic E-state index is 6.30. The zero-order chi connectivity index (χ0) is 15.9. The van der Waals surface area contributed by atoms with Crippen LogP contribution in [0.25, 0.3) is 11.6 Å². The molecule has 1 unspecified atom stereocenters. The molecular formula is C16H16BrCl2N3. The third kappa shape index (κ3) is 3.01. The topological polar surface area (TPSA) is 38.1 Å². The van der Waals surface area contributed by atoms with Crippen molar-refractivity contribution in [3.8, 4) is 0 Å². The molecule has 0 aliphatic heterocycles. The number of rotatable bonds is 3. The normalized spacial score (nSPS) is 22.7. The van der Waals surface area contributed by atoms with Gasteiger partial charge in [0.2, 0.25) is 5.28 Å². The Morgan fingerprint density at radius 3 is 2.73 bits per heavy atom. The van der Waals surface area contributed by atoms with Crippen LogP contribution >= 0.6 is 39.1 Å². The van der Waals surface area contributed by atoms with Crippen LogP contribution in [0.5, 0.6) is 0 Å². The second kappa shape index (κ2) is 6.42. The van der Waals surface area contributed by atoms with Crippen molar-refractivity contribution in [1.82, 2.24) is 9.97 Å². The monoisotopic (exact) mass is 399 g/mol. The first-order chi connectivity index (χ1) is 10.5. The second-order valence-electron chi connectivity index (χ2n) is 5.53. The maximum Gasteiger partial charge on any atom is 0.224 e. The summed E-state index contributed by atoms with van der Waals surface area (Å²) in [6.45, 7) is 4.16. The lowest BCUT2D eigenvalue weighted by Gasteiger charge is -2.21. The zero-order valence-corrected chi connectivity index (χ0v) is 15.5. The van der Waals surface area contributed by atoms with Crippen LogP contribution in [0.15, 0.2) is 15.6 Å². The van der Waals surface area contributed by atoms with Crippen LogP contribution in [0.4, 0.5) is 0 Å². The summed E-state index contributed by atoms with van der Waals surface area (Å²) in [5.41, 5.74) is 3.43. The average molecular weight is 401 g/mol. The number of fused-ring (bicyclic) bond motifs is 1. The molecule has 2 aliphatic carbocycles. The summed E-state index contributed by atoms with van der Waals surface area (Å²) < 4.78 is 0.915. The molecule has 22 heavy (non-hydrogen) atoms. The molecule has 0 N–H and O–H groups in total. The Morgan fingerprint density at radius 1 is 1.41 bits per heavy atom. The molecule has 1 heterocycles. The molecule has 1 atom stereocenters. The van der Waals surface area contributed by atoms with Crippen molar-refractivity contribution in [3.05, 3.63) is 32.3 Å². The smallest absolute Gasteiger partial charge is 0.224 e. The van der Waals surface area contributed by atoms with Crippen molar-refractivity contribution in [1.29, 1.82) is 0 Å². The van der Waals surface area contributed by atoms with Gasteiger partial charge in [-0.1, -0.05) is 24.6 Å².